The zero-order chi connectivity index (χ0) is 22.9. The molecular weight excluding hydrogens is 436 g/mol. The van der Waals surface area contributed by atoms with E-state index in [0.29, 0.717) is 0 Å². The van der Waals surface area contributed by atoms with Crippen molar-refractivity contribution >= 4 is 38.2 Å². The van der Waals surface area contributed by atoms with Crippen LogP contribution in [0.3, 0.4) is 0 Å². The van der Waals surface area contributed by atoms with Crippen molar-refractivity contribution in [3.05, 3.63) is 71.2 Å². The molecule has 8 nitrogen and oxygen atoms in total. The molecule has 0 saturated carbocycles. The first-order valence-corrected chi connectivity index (χ1v) is 11.7. The summed E-state index contributed by atoms with van der Waals surface area (Å²) in [5, 5.41) is 11.7. The van der Waals surface area contributed by atoms with Crippen molar-refractivity contribution in [3.63, 3.8) is 0 Å². The largest absolute Gasteiger partial charge is 0.726 e. The summed E-state index contributed by atoms with van der Waals surface area (Å²) in [7, 11) is -1.63. The fourth-order valence-corrected chi connectivity index (χ4v) is 3.34. The van der Waals surface area contributed by atoms with Gasteiger partial charge in [-0.05, 0) is 59.6 Å². The van der Waals surface area contributed by atoms with Gasteiger partial charge in [0.15, 0.2) is 0 Å². The van der Waals surface area contributed by atoms with Crippen molar-refractivity contribution in [3.8, 4) is 0 Å². The van der Waals surface area contributed by atoms with E-state index in [1.54, 1.807) is 11.3 Å². The minimum absolute atomic E-state index is 0.808. The Balaban J connectivity index is 0.000000501. The average molecular weight is 463 g/mol. The van der Waals surface area contributed by atoms with Gasteiger partial charge in [-0.25, -0.2) is 13.0 Å². The Morgan fingerprint density at radius 2 is 1.84 bits per heavy atom. The summed E-state index contributed by atoms with van der Waals surface area (Å²) in [6.07, 6.45) is 1.98. The minimum atomic E-state index is -4.41. The van der Waals surface area contributed by atoms with Gasteiger partial charge in [-0.2, -0.15) is 0 Å². The molecule has 1 aromatic heterocycles. The molecule has 0 N–H and O–H groups in total. The molecule has 0 amide bonds. The Labute approximate surface area is 187 Å². The summed E-state index contributed by atoms with van der Waals surface area (Å²) in [5.41, 5.74) is 4.57. The normalized spacial score (nSPS) is 11.3. The van der Waals surface area contributed by atoms with Crippen LogP contribution in [0.2, 0.25) is 0 Å². The minimum Gasteiger partial charge on any atom is -0.726 e. The van der Waals surface area contributed by atoms with Gasteiger partial charge >= 0.3 is 5.13 Å². The topological polar surface area (TPSA) is 98.3 Å². The van der Waals surface area contributed by atoms with Crippen LogP contribution < -0.4 is 9.47 Å². The molecule has 0 aliphatic rings. The fourth-order valence-electron chi connectivity index (χ4n) is 2.66. The van der Waals surface area contributed by atoms with Gasteiger partial charge in [0, 0.05) is 24.2 Å². The predicted octanol–water partition coefficient (Wildman–Crippen LogP) is 4.42. The molecule has 0 saturated heterocycles. The van der Waals surface area contributed by atoms with Gasteiger partial charge in [0.1, 0.15) is 11.9 Å². The van der Waals surface area contributed by atoms with Crippen molar-refractivity contribution in [1.82, 2.24) is 0 Å². The van der Waals surface area contributed by atoms with Crippen LogP contribution in [0.25, 0.3) is 0 Å². The van der Waals surface area contributed by atoms with Gasteiger partial charge in [-0.1, -0.05) is 30.3 Å². The zero-order valence-corrected chi connectivity index (χ0v) is 19.6. The second kappa shape index (κ2) is 11.7. The molecule has 2 aromatic carbocycles. The molecule has 0 bridgehead atoms. The lowest BCUT2D eigenvalue weighted by Gasteiger charge is -2.23. The highest BCUT2D eigenvalue weighted by atomic mass is 32.3. The number of anilines is 1. The van der Waals surface area contributed by atoms with E-state index in [1.807, 2.05) is 23.2 Å². The first-order chi connectivity index (χ1) is 14.7. The number of rotatable bonds is 7. The maximum absolute atomic E-state index is 9.22. The van der Waals surface area contributed by atoms with Crippen LogP contribution in [0, 0.1) is 6.92 Å². The summed E-state index contributed by atoms with van der Waals surface area (Å²) < 4.78 is 33.0. The maximum atomic E-state index is 9.22. The van der Waals surface area contributed by atoms with E-state index in [1.165, 1.54) is 11.3 Å². The fraction of sp³-hybridized carbons (Fsp3) is 0.286. The molecule has 0 unspecified atom stereocenters. The van der Waals surface area contributed by atoms with Crippen molar-refractivity contribution in [2.75, 3.05) is 18.6 Å². The summed E-state index contributed by atoms with van der Waals surface area (Å²) in [4.78, 5) is 2.36. The third kappa shape index (κ3) is 8.18. The highest BCUT2D eigenvalue weighted by Crippen LogP contribution is 2.27. The molecule has 0 spiro atoms. The average Bonchev–Trinajstić information content (AvgIpc) is 3.16. The Bertz CT molecular complexity index is 1100. The highest BCUT2D eigenvalue weighted by Gasteiger charge is 2.10. The molecule has 0 atom stereocenters. The lowest BCUT2D eigenvalue weighted by molar-refractivity contribution is -0.654. The third-order valence-corrected chi connectivity index (χ3v) is 5.60. The SMILES string of the molecule is CCN(Cc1ccccc1)c1ccc(N=Nc2scc[n+]2C)c(C)c1.COS(=O)(=O)[O-]. The van der Waals surface area contributed by atoms with Crippen LogP contribution in [0.1, 0.15) is 18.1 Å². The van der Waals surface area contributed by atoms with Gasteiger partial charge in [0.25, 0.3) is 0 Å². The second-order valence-corrected chi connectivity index (χ2v) is 8.56. The van der Waals surface area contributed by atoms with Gasteiger partial charge < -0.3 is 9.45 Å². The summed E-state index contributed by atoms with van der Waals surface area (Å²) in [5.74, 6) is 0. The quantitative estimate of drug-likeness (QED) is 0.224. The van der Waals surface area contributed by atoms with E-state index >= 15 is 0 Å². The van der Waals surface area contributed by atoms with Gasteiger partial charge in [0.2, 0.25) is 10.4 Å². The Kier molecular flexibility index (Phi) is 9.25. The molecule has 1 heterocycles. The van der Waals surface area contributed by atoms with E-state index in [9.17, 15) is 13.0 Å². The van der Waals surface area contributed by atoms with E-state index in [2.05, 4.69) is 81.7 Å². The van der Waals surface area contributed by atoms with E-state index in [0.717, 1.165) is 36.6 Å². The number of azo groups is 1. The molecule has 31 heavy (non-hydrogen) atoms. The van der Waals surface area contributed by atoms with E-state index in [-0.39, 0.29) is 0 Å². The van der Waals surface area contributed by atoms with E-state index < -0.39 is 10.4 Å². The zero-order valence-electron chi connectivity index (χ0n) is 17.9. The lowest BCUT2D eigenvalue weighted by Crippen LogP contribution is -2.23. The van der Waals surface area contributed by atoms with Crippen molar-refractivity contribution in [1.29, 1.82) is 0 Å². The van der Waals surface area contributed by atoms with Crippen molar-refractivity contribution in [2.24, 2.45) is 17.3 Å². The molecule has 0 aliphatic heterocycles. The molecule has 0 fully saturated rings. The molecule has 0 aliphatic carbocycles. The predicted molar refractivity (Wildman–Crippen MR) is 121 cm³/mol. The third-order valence-electron chi connectivity index (χ3n) is 4.35. The smallest absolute Gasteiger partial charge is 0.408 e. The van der Waals surface area contributed by atoms with Crippen molar-refractivity contribution in [2.45, 2.75) is 20.4 Å². The number of aryl methyl sites for hydroxylation is 2. The number of benzene rings is 2. The molecule has 0 radical (unpaired) electrons. The Morgan fingerprint density at radius 3 is 2.35 bits per heavy atom. The van der Waals surface area contributed by atoms with Gasteiger partial charge in [0.05, 0.1) is 19.3 Å². The van der Waals surface area contributed by atoms with Gasteiger partial charge in [-0.3, -0.25) is 4.18 Å². The van der Waals surface area contributed by atoms with Gasteiger partial charge in [-0.15, -0.1) is 0 Å². The first-order valence-electron chi connectivity index (χ1n) is 9.49. The highest BCUT2D eigenvalue weighted by molar-refractivity contribution is 7.80. The molecule has 166 valence electrons. The summed E-state index contributed by atoms with van der Waals surface area (Å²) >= 11 is 1.58. The van der Waals surface area contributed by atoms with Crippen LogP contribution in [0.15, 0.2) is 70.3 Å². The number of nitrogens with zero attached hydrogens (tertiary/aromatic N) is 4. The van der Waals surface area contributed by atoms with Crippen LogP contribution in [0.4, 0.5) is 16.5 Å². The number of hydrogen-bond donors (Lipinski definition) is 0. The number of aromatic nitrogens is 1. The van der Waals surface area contributed by atoms with Crippen LogP contribution in [0.5, 0.6) is 0 Å². The van der Waals surface area contributed by atoms with Crippen LogP contribution in [-0.2, 0) is 28.2 Å². The molecular formula is C21H26N4O4S2. The van der Waals surface area contributed by atoms with E-state index in [4.69, 9.17) is 0 Å². The monoisotopic (exact) mass is 462 g/mol. The standard InChI is InChI=1S/C20H23N4S.CH4O4S/c1-4-24(15-17-8-6-5-7-9-17)18-10-11-19(16(2)14-18)21-22-20-23(3)12-13-25-20;1-5-6(2,3)4/h5-14H,4,15H2,1-3H3;1H3,(H,2,3,4)/q+1;/p-1. The van der Waals surface area contributed by atoms with Crippen LogP contribution in [-0.4, -0.2) is 26.6 Å². The number of hydrogen-bond acceptors (Lipinski definition) is 8. The van der Waals surface area contributed by atoms with Crippen LogP contribution >= 0.6 is 11.3 Å². The molecule has 3 aromatic rings. The summed E-state index contributed by atoms with van der Waals surface area (Å²) in [6, 6.07) is 16.9. The number of thiazole rings is 1. The second-order valence-electron chi connectivity index (χ2n) is 6.54. The Hall–Kier alpha value is -2.66. The molecule has 10 heteroatoms. The molecule has 3 rings (SSSR count). The maximum Gasteiger partial charge on any atom is 0.408 e. The lowest BCUT2D eigenvalue weighted by atomic mass is 10.1. The van der Waals surface area contributed by atoms with Crippen molar-refractivity contribution < 1.29 is 21.7 Å². The first kappa shape index (κ1) is 24.6. The summed E-state index contributed by atoms with van der Waals surface area (Å²) in [6.45, 7) is 6.13. The Morgan fingerprint density at radius 1 is 1.16 bits per heavy atom.